The Labute approximate surface area is 150 Å². The molecular weight excluding hydrogens is 364 g/mol. The second-order valence-electron chi connectivity index (χ2n) is 6.68. The lowest BCUT2D eigenvalue weighted by Crippen LogP contribution is -2.45. The fourth-order valence-electron chi connectivity index (χ4n) is 3.85. The number of aromatic nitrogens is 1. The monoisotopic (exact) mass is 382 g/mol. The zero-order valence-corrected chi connectivity index (χ0v) is 15.0. The number of fused-ring (bicyclic) bond motifs is 2. The molecule has 0 radical (unpaired) electrons. The van der Waals surface area contributed by atoms with E-state index in [1.54, 1.807) is 0 Å². The molecule has 2 atom stereocenters. The molecule has 0 amide bonds. The maximum absolute atomic E-state index is 8.89. The summed E-state index contributed by atoms with van der Waals surface area (Å²) in [5.41, 5.74) is 3.17. The maximum atomic E-state index is 8.89. The molecule has 4 rings (SSSR count). The van der Waals surface area contributed by atoms with Crippen molar-refractivity contribution in [3.63, 3.8) is 0 Å². The first-order valence-electron chi connectivity index (χ1n) is 8.29. The van der Waals surface area contributed by atoms with E-state index in [-0.39, 0.29) is 0 Å². The van der Waals surface area contributed by atoms with Gasteiger partial charge in [0.05, 0.1) is 17.3 Å². The molecule has 5 heteroatoms. The fraction of sp³-hybridized carbons (Fsp3) is 0.368. The van der Waals surface area contributed by atoms with E-state index in [0.29, 0.717) is 12.1 Å². The van der Waals surface area contributed by atoms with Crippen molar-refractivity contribution in [1.29, 1.82) is 5.26 Å². The van der Waals surface area contributed by atoms with Crippen LogP contribution in [0.2, 0.25) is 0 Å². The highest BCUT2D eigenvalue weighted by Crippen LogP contribution is 2.32. The fourth-order valence-corrected chi connectivity index (χ4v) is 4.08. The average Bonchev–Trinajstić information content (AvgIpc) is 3.17. The molecular formula is C19H19BrN4. The summed E-state index contributed by atoms with van der Waals surface area (Å²) < 4.78 is 1.03. The lowest BCUT2D eigenvalue weighted by Gasteiger charge is -2.34. The molecule has 0 saturated carbocycles. The van der Waals surface area contributed by atoms with Crippen LogP contribution in [0, 0.1) is 11.3 Å². The third kappa shape index (κ3) is 3.23. The molecule has 1 aromatic carbocycles. The van der Waals surface area contributed by atoms with Crippen molar-refractivity contribution >= 4 is 15.9 Å². The molecule has 122 valence electrons. The van der Waals surface area contributed by atoms with E-state index in [9.17, 15) is 0 Å². The van der Waals surface area contributed by atoms with Gasteiger partial charge in [0, 0.05) is 48.9 Å². The highest BCUT2D eigenvalue weighted by Gasteiger charge is 2.42. The normalized spacial score (nSPS) is 23.5. The van der Waals surface area contributed by atoms with Crippen LogP contribution in [0.1, 0.15) is 23.2 Å². The number of halogens is 1. The summed E-state index contributed by atoms with van der Waals surface area (Å²) in [7, 11) is 0. The summed E-state index contributed by atoms with van der Waals surface area (Å²) in [5.74, 6) is 0. The predicted molar refractivity (Wildman–Crippen MR) is 96.1 cm³/mol. The standard InChI is InChI=1S/C19H19BrN4/c20-16-5-6-17(22-9-16)11-24-13-18-7-19(24)12-23(18)10-15-3-1-14(8-21)2-4-15/h1-6,9,18-19H,7,10-13H2. The third-order valence-corrected chi connectivity index (χ3v) is 5.56. The Bertz CT molecular complexity index is 750. The first-order valence-corrected chi connectivity index (χ1v) is 9.08. The largest absolute Gasteiger partial charge is 0.293 e. The van der Waals surface area contributed by atoms with Crippen LogP contribution in [-0.4, -0.2) is 40.0 Å². The molecule has 24 heavy (non-hydrogen) atoms. The number of nitrogens with zero attached hydrogens (tertiary/aromatic N) is 4. The first kappa shape index (κ1) is 15.8. The summed E-state index contributed by atoms with van der Waals surface area (Å²) in [4.78, 5) is 9.65. The molecule has 0 aliphatic carbocycles. The minimum Gasteiger partial charge on any atom is -0.293 e. The van der Waals surface area contributed by atoms with Crippen LogP contribution >= 0.6 is 15.9 Å². The second kappa shape index (κ2) is 6.64. The lowest BCUT2D eigenvalue weighted by atomic mass is 10.1. The number of likely N-dealkylation sites (tertiary alicyclic amines) is 2. The van der Waals surface area contributed by atoms with E-state index in [4.69, 9.17) is 5.26 Å². The summed E-state index contributed by atoms with van der Waals surface area (Å²) in [6.07, 6.45) is 3.13. The van der Waals surface area contributed by atoms with Crippen molar-refractivity contribution in [2.24, 2.45) is 0 Å². The van der Waals surface area contributed by atoms with E-state index in [2.05, 4.69) is 61.0 Å². The summed E-state index contributed by atoms with van der Waals surface area (Å²) in [6, 6.07) is 15.6. The number of hydrogen-bond donors (Lipinski definition) is 0. The Hall–Kier alpha value is -1.74. The zero-order chi connectivity index (χ0) is 16.5. The van der Waals surface area contributed by atoms with Gasteiger partial charge in [0.2, 0.25) is 0 Å². The van der Waals surface area contributed by atoms with Crippen LogP contribution in [0.3, 0.4) is 0 Å². The van der Waals surface area contributed by atoms with Gasteiger partial charge in [-0.1, -0.05) is 12.1 Å². The molecule has 4 nitrogen and oxygen atoms in total. The number of hydrogen-bond acceptors (Lipinski definition) is 4. The van der Waals surface area contributed by atoms with Crippen LogP contribution in [0.15, 0.2) is 47.1 Å². The third-order valence-electron chi connectivity index (χ3n) is 5.09. The predicted octanol–water partition coefficient (Wildman–Crippen LogP) is 3.17. The molecule has 2 unspecified atom stereocenters. The SMILES string of the molecule is N#Cc1ccc(CN2CC3CC2CN3Cc2ccc(Br)cn2)cc1. The number of benzene rings is 1. The summed E-state index contributed by atoms with van der Waals surface area (Å²) >= 11 is 3.44. The van der Waals surface area contributed by atoms with Crippen LogP contribution in [0.25, 0.3) is 0 Å². The number of nitriles is 1. The molecule has 2 aromatic rings. The van der Waals surface area contributed by atoms with Gasteiger partial charge in [-0.25, -0.2) is 0 Å². The van der Waals surface area contributed by atoms with Crippen molar-refractivity contribution in [2.75, 3.05) is 13.1 Å². The molecule has 3 heterocycles. The van der Waals surface area contributed by atoms with E-state index >= 15 is 0 Å². The molecule has 2 aliphatic heterocycles. The summed E-state index contributed by atoms with van der Waals surface area (Å²) in [6.45, 7) is 4.18. The molecule has 0 N–H and O–H groups in total. The van der Waals surface area contributed by atoms with Crippen molar-refractivity contribution in [2.45, 2.75) is 31.6 Å². The Morgan fingerprint density at radius 2 is 1.75 bits per heavy atom. The second-order valence-corrected chi connectivity index (χ2v) is 7.59. The van der Waals surface area contributed by atoms with Gasteiger partial charge in [-0.2, -0.15) is 5.26 Å². The van der Waals surface area contributed by atoms with Gasteiger partial charge >= 0.3 is 0 Å². The highest BCUT2D eigenvalue weighted by molar-refractivity contribution is 9.10. The van der Waals surface area contributed by atoms with E-state index < -0.39 is 0 Å². The summed E-state index contributed by atoms with van der Waals surface area (Å²) in [5, 5.41) is 8.89. The minimum absolute atomic E-state index is 0.638. The van der Waals surface area contributed by atoms with E-state index in [0.717, 1.165) is 41.9 Å². The molecule has 1 aromatic heterocycles. The number of rotatable bonds is 4. The van der Waals surface area contributed by atoms with Gasteiger partial charge in [-0.15, -0.1) is 0 Å². The van der Waals surface area contributed by atoms with E-state index in [1.807, 2.05) is 18.3 Å². The number of pyridine rings is 1. The Morgan fingerprint density at radius 3 is 2.33 bits per heavy atom. The van der Waals surface area contributed by atoms with Gasteiger partial charge in [-0.05, 0) is 52.2 Å². The van der Waals surface area contributed by atoms with Gasteiger partial charge in [0.15, 0.2) is 0 Å². The first-order chi connectivity index (χ1) is 11.7. The Morgan fingerprint density at radius 1 is 1.04 bits per heavy atom. The maximum Gasteiger partial charge on any atom is 0.0991 e. The van der Waals surface area contributed by atoms with Crippen LogP contribution in [-0.2, 0) is 13.1 Å². The molecule has 0 spiro atoms. The topological polar surface area (TPSA) is 43.2 Å². The van der Waals surface area contributed by atoms with Gasteiger partial charge in [-0.3, -0.25) is 14.8 Å². The van der Waals surface area contributed by atoms with Crippen molar-refractivity contribution < 1.29 is 0 Å². The lowest BCUT2D eigenvalue weighted by molar-refractivity contribution is 0.117. The quantitative estimate of drug-likeness (QED) is 0.814. The van der Waals surface area contributed by atoms with Crippen LogP contribution < -0.4 is 0 Å². The molecule has 2 bridgehead atoms. The van der Waals surface area contributed by atoms with Crippen molar-refractivity contribution in [3.05, 3.63) is 63.9 Å². The smallest absolute Gasteiger partial charge is 0.0991 e. The molecule has 2 saturated heterocycles. The van der Waals surface area contributed by atoms with E-state index in [1.165, 1.54) is 12.0 Å². The van der Waals surface area contributed by atoms with Gasteiger partial charge < -0.3 is 0 Å². The van der Waals surface area contributed by atoms with Gasteiger partial charge in [0.1, 0.15) is 0 Å². The molecule has 2 fully saturated rings. The molecule has 2 aliphatic rings. The minimum atomic E-state index is 0.638. The average molecular weight is 383 g/mol. The Balaban J connectivity index is 1.35. The van der Waals surface area contributed by atoms with Crippen molar-refractivity contribution in [3.8, 4) is 6.07 Å². The van der Waals surface area contributed by atoms with Crippen LogP contribution in [0.5, 0.6) is 0 Å². The van der Waals surface area contributed by atoms with Crippen molar-refractivity contribution in [1.82, 2.24) is 14.8 Å². The zero-order valence-electron chi connectivity index (χ0n) is 13.4. The number of piperazine rings is 1. The van der Waals surface area contributed by atoms with Crippen LogP contribution in [0.4, 0.5) is 0 Å². The van der Waals surface area contributed by atoms with Gasteiger partial charge in [0.25, 0.3) is 0 Å². The highest BCUT2D eigenvalue weighted by atomic mass is 79.9. The Kier molecular flexibility index (Phi) is 4.36.